The van der Waals surface area contributed by atoms with Crippen LogP contribution in [-0.4, -0.2) is 28.8 Å². The number of ketones is 1. The van der Waals surface area contributed by atoms with Crippen LogP contribution >= 0.6 is 11.6 Å². The van der Waals surface area contributed by atoms with E-state index in [2.05, 4.69) is 16.0 Å². The van der Waals surface area contributed by atoms with Gasteiger partial charge in [0.15, 0.2) is 5.78 Å². The van der Waals surface area contributed by atoms with Gasteiger partial charge in [-0.1, -0.05) is 29.8 Å². The summed E-state index contributed by atoms with van der Waals surface area (Å²) in [5, 5.41) is 0.619. The number of rotatable bonds is 4. The van der Waals surface area contributed by atoms with Crippen LogP contribution in [0.15, 0.2) is 48.8 Å². The zero-order chi connectivity index (χ0) is 15.4. The minimum Gasteiger partial charge on any atom is -0.298 e. The summed E-state index contributed by atoms with van der Waals surface area (Å²) in [5.74, 6) is 0.266. The van der Waals surface area contributed by atoms with E-state index in [9.17, 15) is 4.79 Å². The van der Waals surface area contributed by atoms with Crippen molar-refractivity contribution in [3.63, 3.8) is 0 Å². The van der Waals surface area contributed by atoms with Crippen molar-refractivity contribution >= 4 is 17.4 Å². The number of likely N-dealkylation sites (tertiary alicyclic amines) is 1. The largest absolute Gasteiger partial charge is 0.298 e. The lowest BCUT2D eigenvalue weighted by atomic mass is 9.90. The molecule has 114 valence electrons. The lowest BCUT2D eigenvalue weighted by molar-refractivity contribution is 0.0811. The van der Waals surface area contributed by atoms with Gasteiger partial charge in [0.1, 0.15) is 0 Å². The third-order valence-corrected chi connectivity index (χ3v) is 4.35. The van der Waals surface area contributed by atoms with Crippen molar-refractivity contribution in [1.82, 2.24) is 9.88 Å². The zero-order valence-electron chi connectivity index (χ0n) is 12.4. The summed E-state index contributed by atoms with van der Waals surface area (Å²) in [5.41, 5.74) is 1.92. The molecule has 2 heterocycles. The lowest BCUT2D eigenvalue weighted by Gasteiger charge is -2.32. The predicted octanol–water partition coefficient (Wildman–Crippen LogP) is 3.83. The number of carbonyl (C=O) groups is 1. The SMILES string of the molecule is O=C(c1cccc(Cl)c1)C1CCCN(Cc2cccnc2)C1. The molecule has 0 bridgehead atoms. The Bertz CT molecular complexity index is 645. The molecule has 4 heteroatoms. The van der Waals surface area contributed by atoms with Crippen LogP contribution in [0.5, 0.6) is 0 Å². The topological polar surface area (TPSA) is 33.2 Å². The number of aromatic nitrogens is 1. The second-order valence-corrected chi connectivity index (χ2v) is 6.25. The van der Waals surface area contributed by atoms with Gasteiger partial charge in [-0.2, -0.15) is 0 Å². The number of hydrogen-bond donors (Lipinski definition) is 0. The van der Waals surface area contributed by atoms with E-state index in [-0.39, 0.29) is 11.7 Å². The van der Waals surface area contributed by atoms with Gasteiger partial charge < -0.3 is 0 Å². The van der Waals surface area contributed by atoms with Crippen molar-refractivity contribution < 1.29 is 4.79 Å². The fraction of sp³-hybridized carbons (Fsp3) is 0.333. The van der Waals surface area contributed by atoms with Crippen LogP contribution in [0.1, 0.15) is 28.8 Å². The van der Waals surface area contributed by atoms with Gasteiger partial charge >= 0.3 is 0 Å². The Kier molecular flexibility index (Phi) is 4.86. The van der Waals surface area contributed by atoms with E-state index in [1.54, 1.807) is 18.3 Å². The molecule has 1 aromatic carbocycles. The van der Waals surface area contributed by atoms with Gasteiger partial charge in [-0.15, -0.1) is 0 Å². The Balaban J connectivity index is 1.66. The van der Waals surface area contributed by atoms with Gasteiger partial charge in [0.25, 0.3) is 0 Å². The molecule has 1 aliphatic rings. The Morgan fingerprint density at radius 3 is 3.00 bits per heavy atom. The monoisotopic (exact) mass is 314 g/mol. The predicted molar refractivity (Wildman–Crippen MR) is 88.0 cm³/mol. The molecule has 1 aliphatic heterocycles. The Morgan fingerprint density at radius 1 is 1.32 bits per heavy atom. The van der Waals surface area contributed by atoms with Crippen molar-refractivity contribution in [2.45, 2.75) is 19.4 Å². The van der Waals surface area contributed by atoms with Crippen LogP contribution < -0.4 is 0 Å². The molecule has 1 saturated heterocycles. The number of hydrogen-bond acceptors (Lipinski definition) is 3. The highest BCUT2D eigenvalue weighted by Gasteiger charge is 2.26. The second kappa shape index (κ2) is 7.03. The van der Waals surface area contributed by atoms with E-state index in [1.165, 1.54) is 5.56 Å². The first-order valence-corrected chi connectivity index (χ1v) is 8.01. The summed E-state index contributed by atoms with van der Waals surface area (Å²) in [6, 6.07) is 11.3. The van der Waals surface area contributed by atoms with Gasteiger partial charge in [0, 0.05) is 42.0 Å². The molecule has 22 heavy (non-hydrogen) atoms. The highest BCUT2D eigenvalue weighted by Crippen LogP contribution is 2.23. The van der Waals surface area contributed by atoms with Crippen molar-refractivity contribution in [3.05, 3.63) is 64.9 Å². The number of Topliss-reactive ketones (excluding diaryl/α,β-unsaturated/α-hetero) is 1. The number of carbonyl (C=O) groups excluding carboxylic acids is 1. The maximum absolute atomic E-state index is 12.7. The average Bonchev–Trinajstić information content (AvgIpc) is 2.55. The van der Waals surface area contributed by atoms with Crippen LogP contribution in [0.4, 0.5) is 0 Å². The number of piperidine rings is 1. The maximum atomic E-state index is 12.7. The van der Waals surface area contributed by atoms with Gasteiger partial charge in [-0.05, 0) is 43.1 Å². The van der Waals surface area contributed by atoms with Crippen LogP contribution in [-0.2, 0) is 6.54 Å². The number of halogens is 1. The van der Waals surface area contributed by atoms with Crippen molar-refractivity contribution in [3.8, 4) is 0 Å². The molecule has 0 radical (unpaired) electrons. The van der Waals surface area contributed by atoms with Crippen LogP contribution in [0.25, 0.3) is 0 Å². The molecule has 0 aliphatic carbocycles. The summed E-state index contributed by atoms with van der Waals surface area (Å²) in [7, 11) is 0. The smallest absolute Gasteiger partial charge is 0.167 e. The molecular weight excluding hydrogens is 296 g/mol. The molecule has 1 unspecified atom stereocenters. The minimum atomic E-state index is 0.0592. The molecule has 1 aromatic heterocycles. The summed E-state index contributed by atoms with van der Waals surface area (Å²) >= 11 is 5.99. The van der Waals surface area contributed by atoms with Crippen molar-refractivity contribution in [1.29, 1.82) is 0 Å². The van der Waals surface area contributed by atoms with E-state index in [0.29, 0.717) is 5.02 Å². The maximum Gasteiger partial charge on any atom is 0.167 e. The van der Waals surface area contributed by atoms with E-state index < -0.39 is 0 Å². The molecule has 0 spiro atoms. The molecule has 1 atom stereocenters. The molecule has 0 N–H and O–H groups in total. The summed E-state index contributed by atoms with van der Waals surface area (Å²) in [4.78, 5) is 19.1. The normalized spacial score (nSPS) is 19.0. The van der Waals surface area contributed by atoms with Crippen LogP contribution in [0.3, 0.4) is 0 Å². The van der Waals surface area contributed by atoms with Crippen molar-refractivity contribution in [2.24, 2.45) is 5.92 Å². The number of nitrogens with zero attached hydrogens (tertiary/aromatic N) is 2. The molecule has 0 saturated carbocycles. The fourth-order valence-corrected chi connectivity index (χ4v) is 3.23. The third-order valence-electron chi connectivity index (χ3n) is 4.11. The molecule has 0 amide bonds. The molecular formula is C18H19ClN2O. The summed E-state index contributed by atoms with van der Waals surface area (Å²) in [6.07, 6.45) is 5.68. The van der Waals surface area contributed by atoms with Gasteiger partial charge in [0.2, 0.25) is 0 Å². The fourth-order valence-electron chi connectivity index (χ4n) is 3.04. The van der Waals surface area contributed by atoms with Crippen molar-refractivity contribution in [2.75, 3.05) is 13.1 Å². The van der Waals surface area contributed by atoms with Crippen LogP contribution in [0, 0.1) is 5.92 Å². The van der Waals surface area contributed by atoms with Gasteiger partial charge in [0.05, 0.1) is 0 Å². The van der Waals surface area contributed by atoms with Gasteiger partial charge in [-0.3, -0.25) is 14.7 Å². The first-order chi connectivity index (χ1) is 10.7. The van der Waals surface area contributed by atoms with Gasteiger partial charge in [-0.25, -0.2) is 0 Å². The zero-order valence-corrected chi connectivity index (χ0v) is 13.2. The molecule has 1 fully saturated rings. The second-order valence-electron chi connectivity index (χ2n) is 5.81. The Morgan fingerprint density at radius 2 is 2.23 bits per heavy atom. The first-order valence-electron chi connectivity index (χ1n) is 7.63. The third kappa shape index (κ3) is 3.73. The lowest BCUT2D eigenvalue weighted by Crippen LogP contribution is -2.38. The van der Waals surface area contributed by atoms with E-state index in [1.807, 2.05) is 24.4 Å². The first kappa shape index (κ1) is 15.2. The highest BCUT2D eigenvalue weighted by atomic mass is 35.5. The Labute approximate surface area is 135 Å². The van der Waals surface area contributed by atoms with Crippen LogP contribution in [0.2, 0.25) is 5.02 Å². The van der Waals surface area contributed by atoms with E-state index in [0.717, 1.165) is 38.0 Å². The molecule has 3 nitrogen and oxygen atoms in total. The quantitative estimate of drug-likeness (QED) is 0.804. The van der Waals surface area contributed by atoms with E-state index >= 15 is 0 Å². The number of benzene rings is 1. The summed E-state index contributed by atoms with van der Waals surface area (Å²) < 4.78 is 0. The highest BCUT2D eigenvalue weighted by molar-refractivity contribution is 6.31. The van der Waals surface area contributed by atoms with E-state index in [4.69, 9.17) is 11.6 Å². The standard InChI is InChI=1S/C18H19ClN2O/c19-17-7-1-5-15(10-17)18(22)16-6-3-9-21(13-16)12-14-4-2-8-20-11-14/h1-2,4-5,7-8,10-11,16H,3,6,9,12-13H2. The number of pyridine rings is 1. The summed E-state index contributed by atoms with van der Waals surface area (Å²) in [6.45, 7) is 2.70. The Hall–Kier alpha value is -1.71. The molecule has 2 aromatic rings. The minimum absolute atomic E-state index is 0.0592. The average molecular weight is 315 g/mol. The molecule has 3 rings (SSSR count).